The first-order chi connectivity index (χ1) is 13.9. The van der Waals surface area contributed by atoms with Crippen molar-refractivity contribution in [3.63, 3.8) is 0 Å². The fraction of sp³-hybridized carbons (Fsp3) is 0.400. The lowest BCUT2D eigenvalue weighted by atomic mass is 9.95. The number of piperazine rings is 1. The van der Waals surface area contributed by atoms with Gasteiger partial charge in [0, 0.05) is 36.3 Å². The van der Waals surface area contributed by atoms with Crippen LogP contribution in [0.1, 0.15) is 19.4 Å². The molecule has 0 spiro atoms. The fourth-order valence-corrected chi connectivity index (χ4v) is 5.58. The van der Waals surface area contributed by atoms with E-state index in [1.165, 1.54) is 34.6 Å². The maximum atomic E-state index is 13.0. The van der Waals surface area contributed by atoms with Gasteiger partial charge in [0.15, 0.2) is 5.60 Å². The van der Waals surface area contributed by atoms with Gasteiger partial charge in [-0.05, 0) is 43.7 Å². The first-order valence-electron chi connectivity index (χ1n) is 9.30. The van der Waals surface area contributed by atoms with Gasteiger partial charge in [-0.1, -0.05) is 24.3 Å². The Balaban J connectivity index is 1.77. The number of thiol groups is 1. The number of nitrogens with zero attached hydrogens (tertiary/aromatic N) is 2. The van der Waals surface area contributed by atoms with E-state index in [0.29, 0.717) is 24.1 Å². The summed E-state index contributed by atoms with van der Waals surface area (Å²) in [4.78, 5) is 2.46. The number of benzene rings is 2. The van der Waals surface area contributed by atoms with Crippen LogP contribution in [0, 0.1) is 0 Å². The lowest BCUT2D eigenvalue weighted by Crippen LogP contribution is -2.53. The molecule has 3 rings (SSSR count). The molecule has 1 aliphatic heterocycles. The third-order valence-corrected chi connectivity index (χ3v) is 7.85. The smallest absolute Gasteiger partial charge is 0.376 e. The topological polar surface area (TPSA) is 60.9 Å². The summed E-state index contributed by atoms with van der Waals surface area (Å²) < 4.78 is 66.4. The van der Waals surface area contributed by atoms with E-state index < -0.39 is 21.8 Å². The van der Waals surface area contributed by atoms with Crippen LogP contribution in [0.5, 0.6) is 0 Å². The minimum atomic E-state index is -4.79. The van der Waals surface area contributed by atoms with Crippen molar-refractivity contribution >= 4 is 28.3 Å². The largest absolute Gasteiger partial charge is 0.421 e. The van der Waals surface area contributed by atoms with Crippen molar-refractivity contribution in [3.8, 4) is 0 Å². The fourth-order valence-electron chi connectivity index (χ4n) is 3.48. The molecule has 1 aliphatic rings. The summed E-state index contributed by atoms with van der Waals surface area (Å²) >= 11 is 4.24. The Bertz CT molecular complexity index is 1010. The quantitative estimate of drug-likeness (QED) is 0.684. The number of sulfonamides is 1. The molecule has 0 amide bonds. The minimum Gasteiger partial charge on any atom is -0.376 e. The van der Waals surface area contributed by atoms with Crippen LogP contribution >= 0.6 is 12.6 Å². The molecule has 0 bridgehead atoms. The number of hydrogen-bond acceptors (Lipinski definition) is 5. The van der Waals surface area contributed by atoms with Gasteiger partial charge in [-0.3, -0.25) is 0 Å². The number of anilines is 1. The van der Waals surface area contributed by atoms with Gasteiger partial charge >= 0.3 is 6.18 Å². The Morgan fingerprint density at radius 2 is 1.67 bits per heavy atom. The molecular formula is C20H23F3N2O3S2. The van der Waals surface area contributed by atoms with Crippen molar-refractivity contribution in [2.75, 3.05) is 24.5 Å². The second-order valence-corrected chi connectivity index (χ2v) is 9.88. The molecule has 10 heteroatoms. The SMILES string of the molecule is C[C@@H]1CN(S(=O)(=O)c2ccccc2S)CCN1c1ccc(C(C)(O)C(F)(F)F)cc1. The molecule has 0 radical (unpaired) electrons. The summed E-state index contributed by atoms with van der Waals surface area (Å²) in [6.07, 6.45) is -4.79. The van der Waals surface area contributed by atoms with Crippen LogP contribution in [-0.4, -0.2) is 49.7 Å². The van der Waals surface area contributed by atoms with Crippen molar-refractivity contribution in [2.24, 2.45) is 0 Å². The van der Waals surface area contributed by atoms with Crippen molar-refractivity contribution in [3.05, 3.63) is 54.1 Å². The maximum Gasteiger partial charge on any atom is 0.421 e. The molecule has 2 atom stereocenters. The van der Waals surface area contributed by atoms with Crippen LogP contribution in [0.25, 0.3) is 0 Å². The van der Waals surface area contributed by atoms with Gasteiger partial charge in [0.2, 0.25) is 10.0 Å². The van der Waals surface area contributed by atoms with E-state index in [9.17, 15) is 26.7 Å². The van der Waals surface area contributed by atoms with Gasteiger partial charge in [0.05, 0.1) is 4.90 Å². The maximum absolute atomic E-state index is 13.0. The number of halogens is 3. The highest BCUT2D eigenvalue weighted by Gasteiger charge is 2.51. The van der Waals surface area contributed by atoms with Crippen LogP contribution in [0.3, 0.4) is 0 Å². The molecule has 0 aromatic heterocycles. The summed E-state index contributed by atoms with van der Waals surface area (Å²) in [6, 6.07) is 11.8. The summed E-state index contributed by atoms with van der Waals surface area (Å²) in [5.74, 6) is 0. The average molecular weight is 461 g/mol. The molecule has 30 heavy (non-hydrogen) atoms. The van der Waals surface area contributed by atoms with Crippen LogP contribution in [0.15, 0.2) is 58.3 Å². The first kappa shape index (κ1) is 22.9. The van der Waals surface area contributed by atoms with Crippen LogP contribution < -0.4 is 4.90 Å². The molecule has 1 N–H and O–H groups in total. The molecular weight excluding hydrogens is 437 g/mol. The lowest BCUT2D eigenvalue weighted by Gasteiger charge is -2.41. The standard InChI is InChI=1S/C20H23F3N2O3S2/c1-14-13-24(30(27,28)18-6-4-3-5-17(18)29)11-12-25(14)16-9-7-15(8-10-16)19(2,26)20(21,22)23/h3-10,14,26,29H,11-13H2,1-2H3/t14-,19?/m1/s1. The van der Waals surface area contributed by atoms with Crippen LogP contribution in [-0.2, 0) is 15.6 Å². The lowest BCUT2D eigenvalue weighted by molar-refractivity contribution is -0.258. The molecule has 2 aromatic carbocycles. The molecule has 1 heterocycles. The second-order valence-electron chi connectivity index (χ2n) is 7.49. The number of aliphatic hydroxyl groups is 1. The molecule has 0 aliphatic carbocycles. The van der Waals surface area contributed by atoms with Crippen molar-refractivity contribution in [1.29, 1.82) is 0 Å². The van der Waals surface area contributed by atoms with Gasteiger partial charge in [0.25, 0.3) is 0 Å². The molecule has 2 aromatic rings. The first-order valence-corrected chi connectivity index (χ1v) is 11.2. The van der Waals surface area contributed by atoms with E-state index in [2.05, 4.69) is 12.6 Å². The highest BCUT2D eigenvalue weighted by Crippen LogP contribution is 2.39. The molecule has 1 fully saturated rings. The highest BCUT2D eigenvalue weighted by atomic mass is 32.2. The molecule has 5 nitrogen and oxygen atoms in total. The number of rotatable bonds is 4. The Labute approximate surface area is 179 Å². The molecule has 0 saturated carbocycles. The molecule has 1 unspecified atom stereocenters. The van der Waals surface area contributed by atoms with E-state index in [1.807, 2.05) is 11.8 Å². The van der Waals surface area contributed by atoms with Crippen molar-refractivity contribution < 1.29 is 26.7 Å². The van der Waals surface area contributed by atoms with Gasteiger partial charge in [-0.15, -0.1) is 12.6 Å². The number of alkyl halides is 3. The Kier molecular flexibility index (Phi) is 6.16. The number of hydrogen-bond donors (Lipinski definition) is 2. The Morgan fingerprint density at radius 1 is 1.07 bits per heavy atom. The zero-order valence-corrected chi connectivity index (χ0v) is 18.2. The third kappa shape index (κ3) is 4.18. The van der Waals surface area contributed by atoms with E-state index in [0.717, 1.165) is 0 Å². The van der Waals surface area contributed by atoms with Gasteiger partial charge < -0.3 is 10.0 Å². The van der Waals surface area contributed by atoms with Crippen LogP contribution in [0.2, 0.25) is 0 Å². The summed E-state index contributed by atoms with van der Waals surface area (Å²) in [7, 11) is -3.70. The zero-order valence-electron chi connectivity index (χ0n) is 16.5. The third-order valence-electron chi connectivity index (χ3n) is 5.39. The summed E-state index contributed by atoms with van der Waals surface area (Å²) in [5, 5.41) is 9.81. The molecule has 164 valence electrons. The second kappa shape index (κ2) is 8.07. The predicted octanol–water partition coefficient (Wildman–Crippen LogP) is 3.64. The van der Waals surface area contributed by atoms with Crippen molar-refractivity contribution in [2.45, 2.75) is 41.5 Å². The van der Waals surface area contributed by atoms with Gasteiger partial charge in [-0.2, -0.15) is 17.5 Å². The highest BCUT2D eigenvalue weighted by molar-refractivity contribution is 7.90. The van der Waals surface area contributed by atoms with Crippen LogP contribution in [0.4, 0.5) is 18.9 Å². The van der Waals surface area contributed by atoms with E-state index in [-0.39, 0.29) is 29.6 Å². The van der Waals surface area contributed by atoms with E-state index >= 15 is 0 Å². The predicted molar refractivity (Wildman–Crippen MR) is 111 cm³/mol. The Morgan fingerprint density at radius 3 is 2.20 bits per heavy atom. The zero-order chi connectivity index (χ0) is 22.3. The average Bonchev–Trinajstić information content (AvgIpc) is 2.67. The minimum absolute atomic E-state index is 0.146. The monoisotopic (exact) mass is 460 g/mol. The molecule has 1 saturated heterocycles. The van der Waals surface area contributed by atoms with Gasteiger partial charge in [0.1, 0.15) is 0 Å². The van der Waals surface area contributed by atoms with Gasteiger partial charge in [-0.25, -0.2) is 8.42 Å². The summed E-state index contributed by atoms with van der Waals surface area (Å²) in [5.41, 5.74) is -2.53. The van der Waals surface area contributed by atoms with Crippen molar-refractivity contribution in [1.82, 2.24) is 4.31 Å². The Hall–Kier alpha value is -1.75. The van der Waals surface area contributed by atoms with E-state index in [1.54, 1.807) is 18.2 Å². The van der Waals surface area contributed by atoms with E-state index in [4.69, 9.17) is 0 Å². The normalized spacial score (nSPS) is 20.8. The summed E-state index contributed by atoms with van der Waals surface area (Å²) in [6.45, 7) is 3.41.